The molecule has 0 aliphatic rings. The molecule has 3 nitrogen and oxygen atoms in total. The molecule has 1 aromatic rings. The largest absolute Gasteiger partial charge is 0.273 e. The van der Waals surface area contributed by atoms with Gasteiger partial charge in [-0.2, -0.15) is 0 Å². The van der Waals surface area contributed by atoms with Crippen LogP contribution in [0.25, 0.3) is 0 Å². The number of hydrazine groups is 1. The number of anilines is 1. The molecule has 0 aliphatic carbocycles. The lowest BCUT2D eigenvalue weighted by Gasteiger charge is -2.27. The standard InChI is InChI=1S/C10H13N2O/c1-9(13)12(11(2)3)10-7-5-4-6-8-10/h4-7H,1-3H3. The predicted molar refractivity (Wildman–Crippen MR) is 52.1 cm³/mol. The van der Waals surface area contributed by atoms with Crippen molar-refractivity contribution in [3.63, 3.8) is 0 Å². The van der Waals surface area contributed by atoms with Crippen molar-refractivity contribution in [1.82, 2.24) is 5.01 Å². The first kappa shape index (κ1) is 9.74. The van der Waals surface area contributed by atoms with E-state index in [-0.39, 0.29) is 5.91 Å². The van der Waals surface area contributed by atoms with Gasteiger partial charge in [0, 0.05) is 27.1 Å². The van der Waals surface area contributed by atoms with Crippen LogP contribution in [-0.2, 0) is 4.79 Å². The van der Waals surface area contributed by atoms with Gasteiger partial charge < -0.3 is 0 Å². The Morgan fingerprint density at radius 1 is 1.38 bits per heavy atom. The van der Waals surface area contributed by atoms with E-state index < -0.39 is 0 Å². The fourth-order valence-corrected chi connectivity index (χ4v) is 1.18. The third kappa shape index (κ3) is 2.29. The van der Waals surface area contributed by atoms with E-state index in [1.165, 1.54) is 6.92 Å². The van der Waals surface area contributed by atoms with Gasteiger partial charge in [-0.1, -0.05) is 18.2 Å². The highest BCUT2D eigenvalue weighted by atomic mass is 16.2. The quantitative estimate of drug-likeness (QED) is 0.636. The lowest BCUT2D eigenvalue weighted by Crippen LogP contribution is -2.40. The first-order valence-corrected chi connectivity index (χ1v) is 4.07. The SMILES string of the molecule is CC(=O)N(c1[c]cccc1)N(C)C. The number of carbonyl (C=O) groups is 1. The van der Waals surface area contributed by atoms with Crippen molar-refractivity contribution in [2.75, 3.05) is 19.1 Å². The molecule has 0 bridgehead atoms. The third-order valence-electron chi connectivity index (χ3n) is 1.62. The van der Waals surface area contributed by atoms with Crippen LogP contribution < -0.4 is 5.01 Å². The fourth-order valence-electron chi connectivity index (χ4n) is 1.18. The summed E-state index contributed by atoms with van der Waals surface area (Å²) in [4.78, 5) is 11.3. The second-order valence-corrected chi connectivity index (χ2v) is 2.93. The number of hydrogen-bond acceptors (Lipinski definition) is 2. The monoisotopic (exact) mass is 177 g/mol. The van der Waals surface area contributed by atoms with Gasteiger partial charge in [0.15, 0.2) is 0 Å². The molecule has 0 aromatic heterocycles. The normalized spacial score (nSPS) is 10.2. The smallest absolute Gasteiger partial charge is 0.238 e. The number of benzene rings is 1. The Morgan fingerprint density at radius 3 is 2.46 bits per heavy atom. The van der Waals surface area contributed by atoms with E-state index in [9.17, 15) is 4.79 Å². The van der Waals surface area contributed by atoms with E-state index in [1.807, 2.05) is 32.3 Å². The molecular weight excluding hydrogens is 164 g/mol. The second kappa shape index (κ2) is 4.05. The lowest BCUT2D eigenvalue weighted by molar-refractivity contribution is -0.118. The summed E-state index contributed by atoms with van der Waals surface area (Å²) in [5.74, 6) is -0.0209. The van der Waals surface area contributed by atoms with E-state index in [4.69, 9.17) is 0 Å². The average Bonchev–Trinajstić information content (AvgIpc) is 2.04. The molecule has 1 rings (SSSR count). The van der Waals surface area contributed by atoms with Crippen molar-refractivity contribution in [2.45, 2.75) is 6.92 Å². The molecule has 0 spiro atoms. The maximum Gasteiger partial charge on any atom is 0.238 e. The molecule has 1 radical (unpaired) electrons. The highest BCUT2D eigenvalue weighted by Crippen LogP contribution is 2.12. The first-order valence-electron chi connectivity index (χ1n) is 4.07. The van der Waals surface area contributed by atoms with Crippen LogP contribution in [0.4, 0.5) is 5.69 Å². The number of nitrogens with zero attached hydrogens (tertiary/aromatic N) is 2. The van der Waals surface area contributed by atoms with Crippen molar-refractivity contribution in [1.29, 1.82) is 0 Å². The molecule has 69 valence electrons. The lowest BCUT2D eigenvalue weighted by atomic mass is 10.3. The summed E-state index contributed by atoms with van der Waals surface area (Å²) in [5, 5.41) is 3.29. The molecule has 13 heavy (non-hydrogen) atoms. The molecule has 0 saturated heterocycles. The number of hydrogen-bond donors (Lipinski definition) is 0. The van der Waals surface area contributed by atoms with Crippen molar-refractivity contribution in [2.24, 2.45) is 0 Å². The number of carbonyl (C=O) groups excluding carboxylic acids is 1. The van der Waals surface area contributed by atoms with Gasteiger partial charge in [0.25, 0.3) is 0 Å². The van der Waals surface area contributed by atoms with E-state index in [0.29, 0.717) is 0 Å². The molecule has 3 heteroatoms. The van der Waals surface area contributed by atoms with Crippen molar-refractivity contribution in [3.8, 4) is 0 Å². The summed E-state index contributed by atoms with van der Waals surface area (Å²) >= 11 is 0. The maximum atomic E-state index is 11.3. The van der Waals surface area contributed by atoms with Crippen molar-refractivity contribution in [3.05, 3.63) is 30.3 Å². The number of rotatable bonds is 2. The van der Waals surface area contributed by atoms with Gasteiger partial charge in [-0.05, 0) is 6.07 Å². The summed E-state index contributed by atoms with van der Waals surface area (Å²) in [6, 6.07) is 10.4. The highest BCUT2D eigenvalue weighted by molar-refractivity contribution is 5.90. The Labute approximate surface area is 78.5 Å². The zero-order chi connectivity index (χ0) is 9.84. The number of para-hydroxylation sites is 1. The van der Waals surface area contributed by atoms with Crippen molar-refractivity contribution >= 4 is 11.6 Å². The van der Waals surface area contributed by atoms with Gasteiger partial charge in [-0.15, -0.1) is 0 Å². The van der Waals surface area contributed by atoms with Crippen LogP contribution in [0.1, 0.15) is 6.92 Å². The molecular formula is C10H13N2O. The van der Waals surface area contributed by atoms with E-state index >= 15 is 0 Å². The Balaban J connectivity index is 2.96. The van der Waals surface area contributed by atoms with Gasteiger partial charge in [-0.25, -0.2) is 10.0 Å². The minimum absolute atomic E-state index is 0.0209. The molecule has 0 N–H and O–H groups in total. The molecule has 0 heterocycles. The molecule has 0 saturated carbocycles. The average molecular weight is 177 g/mol. The Bertz CT molecular complexity index is 282. The summed E-state index contributed by atoms with van der Waals surface area (Å²) in [6.45, 7) is 1.53. The van der Waals surface area contributed by atoms with Crippen LogP contribution in [0.5, 0.6) is 0 Å². The van der Waals surface area contributed by atoms with Crippen LogP contribution in [0.2, 0.25) is 0 Å². The number of amides is 1. The Hall–Kier alpha value is -1.35. The Kier molecular flexibility index (Phi) is 3.03. The second-order valence-electron chi connectivity index (χ2n) is 2.93. The summed E-state index contributed by atoms with van der Waals surface area (Å²) in [7, 11) is 3.64. The Morgan fingerprint density at radius 2 is 2.08 bits per heavy atom. The predicted octanol–water partition coefficient (Wildman–Crippen LogP) is 1.32. The van der Waals surface area contributed by atoms with E-state index in [0.717, 1.165) is 5.69 Å². The molecule has 0 aliphatic heterocycles. The first-order chi connectivity index (χ1) is 6.13. The van der Waals surface area contributed by atoms with Gasteiger partial charge in [-0.3, -0.25) is 4.79 Å². The topological polar surface area (TPSA) is 23.6 Å². The van der Waals surface area contributed by atoms with Gasteiger partial charge in [0.05, 0.1) is 5.69 Å². The van der Waals surface area contributed by atoms with Gasteiger partial charge in [0.1, 0.15) is 0 Å². The van der Waals surface area contributed by atoms with E-state index in [1.54, 1.807) is 16.1 Å². The highest BCUT2D eigenvalue weighted by Gasteiger charge is 2.12. The zero-order valence-electron chi connectivity index (χ0n) is 8.11. The minimum Gasteiger partial charge on any atom is -0.273 e. The molecule has 0 unspecified atom stereocenters. The van der Waals surface area contributed by atoms with Crippen LogP contribution in [0.3, 0.4) is 0 Å². The van der Waals surface area contributed by atoms with Crippen LogP contribution in [-0.4, -0.2) is 25.0 Å². The van der Waals surface area contributed by atoms with Gasteiger partial charge in [0.2, 0.25) is 5.91 Å². The molecule has 0 fully saturated rings. The molecule has 0 atom stereocenters. The van der Waals surface area contributed by atoms with Crippen LogP contribution >= 0.6 is 0 Å². The van der Waals surface area contributed by atoms with E-state index in [2.05, 4.69) is 6.07 Å². The summed E-state index contributed by atoms with van der Waals surface area (Å²) in [5.41, 5.74) is 0.764. The van der Waals surface area contributed by atoms with Gasteiger partial charge >= 0.3 is 0 Å². The maximum absolute atomic E-state index is 11.3. The van der Waals surface area contributed by atoms with Crippen LogP contribution in [0, 0.1) is 6.07 Å². The minimum atomic E-state index is -0.0209. The molecule has 1 amide bonds. The zero-order valence-corrected chi connectivity index (χ0v) is 8.11. The summed E-state index contributed by atoms with van der Waals surface area (Å²) in [6.07, 6.45) is 0. The summed E-state index contributed by atoms with van der Waals surface area (Å²) < 4.78 is 0. The van der Waals surface area contributed by atoms with Crippen LogP contribution in [0.15, 0.2) is 24.3 Å². The fraction of sp³-hybridized carbons (Fsp3) is 0.300. The van der Waals surface area contributed by atoms with Crippen molar-refractivity contribution < 1.29 is 4.79 Å². The third-order valence-corrected chi connectivity index (χ3v) is 1.62. The molecule has 1 aromatic carbocycles.